The summed E-state index contributed by atoms with van der Waals surface area (Å²) in [6.07, 6.45) is 0.389. The van der Waals surface area contributed by atoms with Crippen molar-refractivity contribution in [2.45, 2.75) is 39.7 Å². The van der Waals surface area contributed by atoms with E-state index >= 15 is 0 Å². The van der Waals surface area contributed by atoms with Gasteiger partial charge in [-0.15, -0.1) is 0 Å². The standard InChI is InChI=1S/C9H20N2O/c1-7(2)6-11-8(12)5-9(3,4)10/h7H,5-6,10H2,1-4H3,(H,11,12). The highest BCUT2D eigenvalue weighted by Crippen LogP contribution is 2.02. The minimum absolute atomic E-state index is 0.0381. The first-order valence-corrected chi connectivity index (χ1v) is 4.37. The first-order chi connectivity index (χ1) is 5.31. The SMILES string of the molecule is CC(C)CNC(=O)CC(C)(C)N. The van der Waals surface area contributed by atoms with Gasteiger partial charge in [-0.1, -0.05) is 13.8 Å². The molecule has 0 aromatic rings. The van der Waals surface area contributed by atoms with Crippen LogP contribution < -0.4 is 11.1 Å². The highest BCUT2D eigenvalue weighted by Gasteiger charge is 2.15. The molecule has 0 aliphatic rings. The monoisotopic (exact) mass is 172 g/mol. The zero-order chi connectivity index (χ0) is 9.78. The van der Waals surface area contributed by atoms with E-state index < -0.39 is 5.54 Å². The molecule has 0 saturated heterocycles. The molecule has 0 aromatic heterocycles. The summed E-state index contributed by atoms with van der Waals surface area (Å²) in [5, 5.41) is 2.82. The molecule has 3 nitrogen and oxygen atoms in total. The Labute approximate surface area is 74.7 Å². The molecule has 0 spiro atoms. The van der Waals surface area contributed by atoms with Gasteiger partial charge in [-0.05, 0) is 19.8 Å². The molecule has 72 valence electrons. The highest BCUT2D eigenvalue weighted by atomic mass is 16.1. The van der Waals surface area contributed by atoms with Crippen LogP contribution in [0.1, 0.15) is 34.1 Å². The lowest BCUT2D eigenvalue weighted by atomic mass is 10.0. The van der Waals surface area contributed by atoms with E-state index in [0.717, 1.165) is 6.54 Å². The molecule has 0 radical (unpaired) electrons. The minimum Gasteiger partial charge on any atom is -0.356 e. The second-order valence-electron chi connectivity index (χ2n) is 4.36. The Bertz CT molecular complexity index is 147. The van der Waals surface area contributed by atoms with Crippen LogP contribution in [0.2, 0.25) is 0 Å². The van der Waals surface area contributed by atoms with Crippen LogP contribution in [0.25, 0.3) is 0 Å². The molecule has 0 rings (SSSR count). The maximum atomic E-state index is 11.2. The summed E-state index contributed by atoms with van der Waals surface area (Å²) < 4.78 is 0. The molecule has 0 aliphatic carbocycles. The molecule has 3 N–H and O–H groups in total. The predicted molar refractivity (Wildman–Crippen MR) is 50.7 cm³/mol. The van der Waals surface area contributed by atoms with Gasteiger partial charge in [-0.2, -0.15) is 0 Å². The number of carbonyl (C=O) groups is 1. The lowest BCUT2D eigenvalue weighted by Gasteiger charge is -2.17. The van der Waals surface area contributed by atoms with Gasteiger partial charge in [0.2, 0.25) is 5.91 Å². The van der Waals surface area contributed by atoms with Crippen LogP contribution in [0.15, 0.2) is 0 Å². The average Bonchev–Trinajstić information content (AvgIpc) is 1.79. The molecule has 3 heteroatoms. The Morgan fingerprint density at radius 1 is 1.50 bits per heavy atom. The third-order valence-corrected chi connectivity index (χ3v) is 1.32. The topological polar surface area (TPSA) is 55.1 Å². The number of hydrogen-bond donors (Lipinski definition) is 2. The van der Waals surface area contributed by atoms with Crippen molar-refractivity contribution < 1.29 is 4.79 Å². The van der Waals surface area contributed by atoms with E-state index in [1.54, 1.807) is 0 Å². The van der Waals surface area contributed by atoms with Gasteiger partial charge in [0, 0.05) is 18.5 Å². The van der Waals surface area contributed by atoms with Crippen molar-refractivity contribution in [1.29, 1.82) is 0 Å². The van der Waals surface area contributed by atoms with E-state index in [2.05, 4.69) is 19.2 Å². The maximum absolute atomic E-state index is 11.2. The maximum Gasteiger partial charge on any atom is 0.221 e. The number of nitrogens with two attached hydrogens (primary N) is 1. The van der Waals surface area contributed by atoms with E-state index in [1.165, 1.54) is 0 Å². The highest BCUT2D eigenvalue weighted by molar-refractivity contribution is 5.77. The predicted octanol–water partition coefficient (Wildman–Crippen LogP) is 0.886. The molecule has 0 saturated carbocycles. The van der Waals surface area contributed by atoms with Crippen LogP contribution in [0, 0.1) is 5.92 Å². The summed E-state index contributed by atoms with van der Waals surface area (Å²) in [6, 6.07) is 0. The van der Waals surface area contributed by atoms with E-state index in [9.17, 15) is 4.79 Å². The first-order valence-electron chi connectivity index (χ1n) is 4.37. The normalized spacial score (nSPS) is 11.8. The molecule has 0 atom stereocenters. The summed E-state index contributed by atoms with van der Waals surface area (Å²) in [5.74, 6) is 0.533. The summed E-state index contributed by atoms with van der Waals surface area (Å²) in [5.41, 5.74) is 5.28. The van der Waals surface area contributed by atoms with Crippen LogP contribution in [0.3, 0.4) is 0 Å². The second kappa shape index (κ2) is 4.45. The smallest absolute Gasteiger partial charge is 0.221 e. The van der Waals surface area contributed by atoms with Gasteiger partial charge >= 0.3 is 0 Å². The van der Waals surface area contributed by atoms with E-state index in [4.69, 9.17) is 5.73 Å². The largest absolute Gasteiger partial charge is 0.356 e. The lowest BCUT2D eigenvalue weighted by Crippen LogP contribution is -2.39. The summed E-state index contributed by atoms with van der Waals surface area (Å²) in [7, 11) is 0. The molecule has 0 aromatic carbocycles. The zero-order valence-electron chi connectivity index (χ0n) is 8.48. The molecule has 12 heavy (non-hydrogen) atoms. The fourth-order valence-electron chi connectivity index (χ4n) is 0.794. The van der Waals surface area contributed by atoms with Gasteiger partial charge in [-0.3, -0.25) is 4.79 Å². The van der Waals surface area contributed by atoms with Crippen molar-refractivity contribution in [3.63, 3.8) is 0 Å². The molecular formula is C9H20N2O. The van der Waals surface area contributed by atoms with Crippen LogP contribution in [0.4, 0.5) is 0 Å². The fourth-order valence-corrected chi connectivity index (χ4v) is 0.794. The van der Waals surface area contributed by atoms with E-state index in [-0.39, 0.29) is 5.91 Å². The van der Waals surface area contributed by atoms with Crippen LogP contribution in [0.5, 0.6) is 0 Å². The Morgan fingerprint density at radius 3 is 2.33 bits per heavy atom. The molecule has 0 unspecified atom stereocenters. The number of rotatable bonds is 4. The number of nitrogens with one attached hydrogen (secondary N) is 1. The Hall–Kier alpha value is -0.570. The van der Waals surface area contributed by atoms with Crippen LogP contribution in [-0.2, 0) is 4.79 Å². The van der Waals surface area contributed by atoms with Crippen LogP contribution in [-0.4, -0.2) is 18.0 Å². The van der Waals surface area contributed by atoms with Crippen molar-refractivity contribution in [2.75, 3.05) is 6.54 Å². The molecular weight excluding hydrogens is 152 g/mol. The zero-order valence-corrected chi connectivity index (χ0v) is 8.48. The molecule has 0 aliphatic heterocycles. The van der Waals surface area contributed by atoms with E-state index in [0.29, 0.717) is 12.3 Å². The molecule has 1 amide bonds. The van der Waals surface area contributed by atoms with Gasteiger partial charge in [-0.25, -0.2) is 0 Å². The summed E-state index contributed by atoms with van der Waals surface area (Å²) in [6.45, 7) is 8.56. The van der Waals surface area contributed by atoms with Crippen molar-refractivity contribution in [3.8, 4) is 0 Å². The van der Waals surface area contributed by atoms with Crippen molar-refractivity contribution in [1.82, 2.24) is 5.32 Å². The van der Waals surface area contributed by atoms with Gasteiger partial charge < -0.3 is 11.1 Å². The first kappa shape index (κ1) is 11.4. The van der Waals surface area contributed by atoms with E-state index in [1.807, 2.05) is 13.8 Å². The summed E-state index contributed by atoms with van der Waals surface area (Å²) >= 11 is 0. The van der Waals surface area contributed by atoms with Crippen LogP contribution >= 0.6 is 0 Å². The van der Waals surface area contributed by atoms with Crippen molar-refractivity contribution in [2.24, 2.45) is 11.7 Å². The molecule has 0 heterocycles. The Balaban J connectivity index is 3.61. The van der Waals surface area contributed by atoms with Gasteiger partial charge in [0.05, 0.1) is 0 Å². The minimum atomic E-state index is -0.402. The van der Waals surface area contributed by atoms with Crippen molar-refractivity contribution >= 4 is 5.91 Å². The number of carbonyl (C=O) groups excluding carboxylic acids is 1. The fraction of sp³-hybridized carbons (Fsp3) is 0.889. The number of hydrogen-bond acceptors (Lipinski definition) is 2. The summed E-state index contributed by atoms with van der Waals surface area (Å²) in [4.78, 5) is 11.2. The molecule has 0 fully saturated rings. The average molecular weight is 172 g/mol. The lowest BCUT2D eigenvalue weighted by molar-refractivity contribution is -0.122. The number of amides is 1. The molecule has 0 bridgehead atoms. The Kier molecular flexibility index (Phi) is 4.24. The third kappa shape index (κ3) is 7.54. The Morgan fingerprint density at radius 2 is 2.00 bits per heavy atom. The van der Waals surface area contributed by atoms with Gasteiger partial charge in [0.1, 0.15) is 0 Å². The quantitative estimate of drug-likeness (QED) is 0.661. The third-order valence-electron chi connectivity index (χ3n) is 1.32. The van der Waals surface area contributed by atoms with Gasteiger partial charge in [0.15, 0.2) is 0 Å². The van der Waals surface area contributed by atoms with Crippen molar-refractivity contribution in [3.05, 3.63) is 0 Å². The van der Waals surface area contributed by atoms with Gasteiger partial charge in [0.25, 0.3) is 0 Å². The second-order valence-corrected chi connectivity index (χ2v) is 4.36.